The number of amides is 1. The molecule has 1 amide bonds. The van der Waals surface area contributed by atoms with Crippen molar-refractivity contribution in [2.45, 2.75) is 57.5 Å². The van der Waals surface area contributed by atoms with Gasteiger partial charge in [-0.25, -0.2) is 0 Å². The second-order valence-electron chi connectivity index (χ2n) is 11.9. The number of Topliss-reactive ketones (excluding diaryl/α,β-unsaturated/α-hetero) is 3. The predicted octanol–water partition coefficient (Wildman–Crippen LogP) is 2.82. The van der Waals surface area contributed by atoms with Gasteiger partial charge in [-0.1, -0.05) is 25.5 Å². The molecule has 0 radical (unpaired) electrons. The van der Waals surface area contributed by atoms with Gasteiger partial charge in [-0.15, -0.1) is 0 Å². The SMILES string of the molecule is COc1cc(O)c2c(O)c3c(c4c2c1[C@@]1(C4)C(C)=CCCC1(C)C)C(=O)[C@H]1CC(=O)C(C(N)=O)=C(O)[C@@]1(O)C3=O. The number of primary amides is 1. The number of allylic oxidation sites excluding steroid dienone is 2. The van der Waals surface area contributed by atoms with Crippen LogP contribution in [0.15, 0.2) is 29.0 Å². The molecule has 2 aromatic rings. The normalized spacial score (nSPS) is 28.6. The van der Waals surface area contributed by atoms with Gasteiger partial charge in [0.25, 0.3) is 5.91 Å². The van der Waals surface area contributed by atoms with Crippen LogP contribution >= 0.6 is 0 Å². The number of aliphatic hydroxyl groups excluding tert-OH is 1. The van der Waals surface area contributed by atoms with Crippen LogP contribution in [0.25, 0.3) is 10.8 Å². The molecule has 0 fully saturated rings. The lowest BCUT2D eigenvalue weighted by Gasteiger charge is -2.49. The van der Waals surface area contributed by atoms with Crippen LogP contribution in [0.1, 0.15) is 71.9 Å². The number of carbonyl (C=O) groups excluding carboxylic acids is 4. The number of nitrogens with two attached hydrogens (primary N) is 1. The van der Waals surface area contributed by atoms with Gasteiger partial charge in [-0.2, -0.15) is 0 Å². The maximum absolute atomic E-state index is 14.2. The molecule has 0 aromatic heterocycles. The molecule has 0 saturated heterocycles. The van der Waals surface area contributed by atoms with Crippen LogP contribution in [0, 0.1) is 11.3 Å². The zero-order valence-electron chi connectivity index (χ0n) is 22.5. The Morgan fingerprint density at radius 2 is 1.77 bits per heavy atom. The summed E-state index contributed by atoms with van der Waals surface area (Å²) in [6.45, 7) is 6.18. The number of aliphatic hydroxyl groups is 2. The van der Waals surface area contributed by atoms with Crippen molar-refractivity contribution >= 4 is 34.0 Å². The summed E-state index contributed by atoms with van der Waals surface area (Å²) >= 11 is 0. The average molecular weight is 548 g/mol. The van der Waals surface area contributed by atoms with E-state index in [1.54, 1.807) is 0 Å². The van der Waals surface area contributed by atoms with E-state index in [1.807, 2.05) is 6.92 Å². The monoisotopic (exact) mass is 547 g/mol. The van der Waals surface area contributed by atoms with E-state index in [0.717, 1.165) is 18.4 Å². The molecule has 0 bridgehead atoms. The van der Waals surface area contributed by atoms with E-state index in [0.29, 0.717) is 22.3 Å². The molecule has 208 valence electrons. The van der Waals surface area contributed by atoms with Crippen molar-refractivity contribution in [1.82, 2.24) is 0 Å². The van der Waals surface area contributed by atoms with Gasteiger partial charge < -0.3 is 30.9 Å². The van der Waals surface area contributed by atoms with Gasteiger partial charge >= 0.3 is 0 Å². The van der Waals surface area contributed by atoms with E-state index < -0.39 is 75.0 Å². The lowest BCUT2D eigenvalue weighted by Crippen LogP contribution is -2.58. The van der Waals surface area contributed by atoms with E-state index in [4.69, 9.17) is 10.5 Å². The van der Waals surface area contributed by atoms with E-state index in [1.165, 1.54) is 13.2 Å². The predicted molar refractivity (Wildman–Crippen MR) is 142 cm³/mol. The first kappa shape index (κ1) is 26.1. The number of rotatable bonds is 2. The number of aromatic hydroxyl groups is 2. The minimum Gasteiger partial charge on any atom is -0.508 e. The molecule has 40 heavy (non-hydrogen) atoms. The summed E-state index contributed by atoms with van der Waals surface area (Å²) < 4.78 is 5.74. The standard InChI is InChI=1S/C30H29NO9/c1-11-6-5-7-28(2,3)29(11)10-12-17-19(15(33)9-16(40-4)22(17)29)24(35)21-18(12)23(34)13-8-14(32)20(27(31)38)25(36)30(13,39)26(21)37/h6,9,13,33,35-36,39H,5,7-8,10H2,1-4H3,(H2,31,38)/t13-,29-,30-/m1/s1. The number of ketones is 3. The molecule has 6 N–H and O–H groups in total. The summed E-state index contributed by atoms with van der Waals surface area (Å²) in [4.78, 5) is 52.9. The van der Waals surface area contributed by atoms with E-state index in [2.05, 4.69) is 19.9 Å². The third kappa shape index (κ3) is 2.67. The highest BCUT2D eigenvalue weighted by molar-refractivity contribution is 6.30. The fraction of sp³-hybridized carbons (Fsp3) is 0.400. The highest BCUT2D eigenvalue weighted by Crippen LogP contribution is 2.65. The van der Waals surface area contributed by atoms with Gasteiger partial charge in [0.15, 0.2) is 17.2 Å². The van der Waals surface area contributed by atoms with Crippen molar-refractivity contribution in [2.24, 2.45) is 17.1 Å². The largest absolute Gasteiger partial charge is 0.508 e. The van der Waals surface area contributed by atoms with E-state index >= 15 is 0 Å². The molecule has 4 aliphatic rings. The first-order valence-corrected chi connectivity index (χ1v) is 13.0. The van der Waals surface area contributed by atoms with Crippen LogP contribution in [0.2, 0.25) is 0 Å². The molecule has 0 heterocycles. The van der Waals surface area contributed by atoms with E-state index in [-0.39, 0.29) is 22.8 Å². The van der Waals surface area contributed by atoms with Crippen molar-refractivity contribution in [3.8, 4) is 17.2 Å². The Hall–Kier alpha value is -4.18. The Labute approximate surface area is 228 Å². The third-order valence-electron chi connectivity index (χ3n) is 9.89. The number of phenolic OH excluding ortho intramolecular Hbond substituents is 2. The molecule has 1 spiro atoms. The molecule has 0 unspecified atom stereocenters. The molecule has 10 nitrogen and oxygen atoms in total. The van der Waals surface area contributed by atoms with Crippen molar-refractivity contribution < 1.29 is 44.3 Å². The molecule has 6 rings (SSSR count). The Morgan fingerprint density at radius 3 is 2.38 bits per heavy atom. The third-order valence-corrected chi connectivity index (χ3v) is 9.89. The second-order valence-corrected chi connectivity index (χ2v) is 11.9. The molecule has 10 heteroatoms. The lowest BCUT2D eigenvalue weighted by molar-refractivity contribution is -0.124. The summed E-state index contributed by atoms with van der Waals surface area (Å²) in [5.41, 5.74) is 1.46. The summed E-state index contributed by atoms with van der Waals surface area (Å²) in [6, 6.07) is 1.35. The molecule has 0 aliphatic heterocycles. The van der Waals surface area contributed by atoms with Crippen LogP contribution in [-0.4, -0.2) is 56.4 Å². The number of hydrogen-bond acceptors (Lipinski definition) is 9. The molecule has 0 saturated carbocycles. The number of fused-ring (bicyclic) bond motifs is 4. The number of benzene rings is 2. The van der Waals surface area contributed by atoms with Crippen LogP contribution in [0.3, 0.4) is 0 Å². The summed E-state index contributed by atoms with van der Waals surface area (Å²) in [5.74, 6) is -8.30. The highest BCUT2D eigenvalue weighted by Gasteiger charge is 2.63. The summed E-state index contributed by atoms with van der Waals surface area (Å²) in [5, 5.41) is 45.3. The average Bonchev–Trinajstić information content (AvgIpc) is 3.23. The zero-order chi connectivity index (χ0) is 29.3. The maximum Gasteiger partial charge on any atom is 0.255 e. The number of carbonyl (C=O) groups is 4. The number of ether oxygens (including phenoxy) is 1. The van der Waals surface area contributed by atoms with Crippen molar-refractivity contribution in [2.75, 3.05) is 7.11 Å². The van der Waals surface area contributed by atoms with Gasteiger partial charge in [0.2, 0.25) is 5.78 Å². The second kappa shape index (κ2) is 7.72. The Balaban J connectivity index is 1.77. The number of methoxy groups -OCH3 is 1. The molecular formula is C30H29NO9. The number of phenols is 2. The van der Waals surface area contributed by atoms with Crippen molar-refractivity contribution in [3.63, 3.8) is 0 Å². The van der Waals surface area contributed by atoms with Gasteiger partial charge in [0, 0.05) is 34.4 Å². The van der Waals surface area contributed by atoms with E-state index in [9.17, 15) is 39.6 Å². The topological polar surface area (TPSA) is 184 Å². The highest BCUT2D eigenvalue weighted by atomic mass is 16.5. The lowest BCUT2D eigenvalue weighted by atomic mass is 9.54. The zero-order valence-corrected chi connectivity index (χ0v) is 22.5. The molecule has 2 aromatic carbocycles. The van der Waals surface area contributed by atoms with Gasteiger partial charge in [0.1, 0.15) is 28.6 Å². The molecule has 3 atom stereocenters. The fourth-order valence-electron chi connectivity index (χ4n) is 7.89. The van der Waals surface area contributed by atoms with Crippen LogP contribution in [0.4, 0.5) is 0 Å². The summed E-state index contributed by atoms with van der Waals surface area (Å²) in [7, 11) is 1.46. The van der Waals surface area contributed by atoms with Crippen molar-refractivity contribution in [3.05, 3.63) is 51.3 Å². The Kier molecular flexibility index (Phi) is 5.03. The quantitative estimate of drug-likeness (QED) is 0.279. The maximum atomic E-state index is 14.2. The van der Waals surface area contributed by atoms with Crippen molar-refractivity contribution in [1.29, 1.82) is 0 Å². The van der Waals surface area contributed by atoms with Crippen LogP contribution < -0.4 is 10.5 Å². The minimum atomic E-state index is -3.00. The molecule has 4 aliphatic carbocycles. The minimum absolute atomic E-state index is 0.0933. The first-order valence-electron chi connectivity index (χ1n) is 13.0. The van der Waals surface area contributed by atoms with Gasteiger partial charge in [-0.05, 0) is 37.2 Å². The first-order chi connectivity index (χ1) is 18.7. The fourth-order valence-corrected chi connectivity index (χ4v) is 7.89. The Morgan fingerprint density at radius 1 is 1.10 bits per heavy atom. The van der Waals surface area contributed by atoms with Crippen LogP contribution in [0.5, 0.6) is 17.2 Å². The molecular weight excluding hydrogens is 518 g/mol. The number of hydrogen-bond donors (Lipinski definition) is 5. The summed E-state index contributed by atoms with van der Waals surface area (Å²) in [6.07, 6.45) is 3.21. The van der Waals surface area contributed by atoms with Crippen LogP contribution in [-0.2, 0) is 21.4 Å². The van der Waals surface area contributed by atoms with Gasteiger partial charge in [-0.3, -0.25) is 19.2 Å². The Bertz CT molecular complexity index is 1710. The smallest absolute Gasteiger partial charge is 0.255 e. The van der Waals surface area contributed by atoms with Gasteiger partial charge in [0.05, 0.1) is 24.0 Å².